The van der Waals surface area contributed by atoms with Gasteiger partial charge >= 0.3 is 0 Å². The molecule has 1 amide bonds. The molecule has 27 heavy (non-hydrogen) atoms. The largest absolute Gasteiger partial charge is 0.379 e. The molecule has 2 aromatic carbocycles. The number of morpholine rings is 1. The summed E-state index contributed by atoms with van der Waals surface area (Å²) in [5.41, 5.74) is 4.58. The number of nitrogens with one attached hydrogen (secondary N) is 1. The fourth-order valence-electron chi connectivity index (χ4n) is 2.99. The van der Waals surface area contributed by atoms with Crippen molar-refractivity contribution in [2.75, 3.05) is 38.6 Å². The molecule has 0 bridgehead atoms. The minimum Gasteiger partial charge on any atom is -0.379 e. The number of nitrogens with zero attached hydrogens (tertiary/aromatic N) is 1. The highest BCUT2D eigenvalue weighted by Crippen LogP contribution is 2.13. The second kappa shape index (κ2) is 10.5. The van der Waals surface area contributed by atoms with Crippen LogP contribution in [0.15, 0.2) is 48.5 Å². The van der Waals surface area contributed by atoms with Crippen molar-refractivity contribution in [3.8, 4) is 0 Å². The van der Waals surface area contributed by atoms with E-state index in [1.807, 2.05) is 23.9 Å². The average molecular weight is 385 g/mol. The molecule has 0 aromatic heterocycles. The fraction of sp³-hybridized carbons (Fsp3) is 0.409. The molecular formula is C22H28N2O2S. The first-order valence-electron chi connectivity index (χ1n) is 9.51. The van der Waals surface area contributed by atoms with Crippen molar-refractivity contribution in [3.05, 3.63) is 70.8 Å². The number of rotatable bonds is 8. The van der Waals surface area contributed by atoms with Gasteiger partial charge in [-0.25, -0.2) is 0 Å². The molecule has 0 saturated carbocycles. The average Bonchev–Trinajstić information content (AvgIpc) is 2.70. The molecule has 0 spiro atoms. The smallest absolute Gasteiger partial charge is 0.251 e. The number of carbonyl (C=O) groups is 1. The molecule has 5 heteroatoms. The van der Waals surface area contributed by atoms with Crippen LogP contribution in [-0.2, 0) is 17.0 Å². The molecule has 2 aromatic rings. The first-order chi connectivity index (χ1) is 13.2. The number of aryl methyl sites for hydroxylation is 1. The van der Waals surface area contributed by atoms with Crippen LogP contribution < -0.4 is 5.32 Å². The molecule has 1 aliphatic heterocycles. The minimum atomic E-state index is 0.00357. The molecule has 0 radical (unpaired) electrons. The lowest BCUT2D eigenvalue weighted by Crippen LogP contribution is -2.35. The zero-order valence-corrected chi connectivity index (χ0v) is 16.8. The van der Waals surface area contributed by atoms with Gasteiger partial charge in [-0.1, -0.05) is 42.0 Å². The number of ether oxygens (including phenoxy) is 1. The van der Waals surface area contributed by atoms with Crippen LogP contribution in [0.5, 0.6) is 0 Å². The van der Waals surface area contributed by atoms with Crippen LogP contribution in [0.1, 0.15) is 27.0 Å². The van der Waals surface area contributed by atoms with Gasteiger partial charge < -0.3 is 10.1 Å². The van der Waals surface area contributed by atoms with E-state index in [2.05, 4.69) is 53.5 Å². The van der Waals surface area contributed by atoms with Gasteiger partial charge in [-0.3, -0.25) is 9.69 Å². The van der Waals surface area contributed by atoms with Gasteiger partial charge in [-0.15, -0.1) is 0 Å². The SMILES string of the molecule is Cc1ccc(CSCCNC(=O)c2ccc(CN3CCOCC3)cc2)cc1. The van der Waals surface area contributed by atoms with E-state index in [0.29, 0.717) is 6.54 Å². The highest BCUT2D eigenvalue weighted by molar-refractivity contribution is 7.98. The monoisotopic (exact) mass is 384 g/mol. The quantitative estimate of drug-likeness (QED) is 0.708. The Morgan fingerprint density at radius 2 is 1.70 bits per heavy atom. The van der Waals surface area contributed by atoms with Gasteiger partial charge in [0.1, 0.15) is 0 Å². The molecule has 1 N–H and O–H groups in total. The van der Waals surface area contributed by atoms with Crippen LogP contribution in [0.25, 0.3) is 0 Å². The lowest BCUT2D eigenvalue weighted by molar-refractivity contribution is 0.0342. The van der Waals surface area contributed by atoms with Crippen LogP contribution in [0.3, 0.4) is 0 Å². The van der Waals surface area contributed by atoms with Crippen molar-refractivity contribution in [2.45, 2.75) is 19.2 Å². The third kappa shape index (κ3) is 6.69. The van der Waals surface area contributed by atoms with E-state index in [1.165, 1.54) is 16.7 Å². The molecule has 144 valence electrons. The first-order valence-corrected chi connectivity index (χ1v) is 10.7. The van der Waals surface area contributed by atoms with E-state index in [4.69, 9.17) is 4.74 Å². The third-order valence-electron chi connectivity index (χ3n) is 4.65. The van der Waals surface area contributed by atoms with E-state index in [9.17, 15) is 4.79 Å². The topological polar surface area (TPSA) is 41.6 Å². The van der Waals surface area contributed by atoms with Crippen molar-refractivity contribution >= 4 is 17.7 Å². The van der Waals surface area contributed by atoms with Crippen LogP contribution >= 0.6 is 11.8 Å². The number of amides is 1. The Labute approximate surface area is 166 Å². The van der Waals surface area contributed by atoms with E-state index in [1.54, 1.807) is 0 Å². The Balaban J connectivity index is 1.35. The molecule has 0 atom stereocenters. The second-order valence-electron chi connectivity index (χ2n) is 6.88. The highest BCUT2D eigenvalue weighted by Gasteiger charge is 2.11. The van der Waals surface area contributed by atoms with E-state index >= 15 is 0 Å². The number of carbonyl (C=O) groups excluding carboxylic acids is 1. The van der Waals surface area contributed by atoms with Gasteiger partial charge in [-0.2, -0.15) is 11.8 Å². The van der Waals surface area contributed by atoms with Crippen molar-refractivity contribution in [1.29, 1.82) is 0 Å². The number of hydrogen-bond acceptors (Lipinski definition) is 4. The predicted molar refractivity (Wildman–Crippen MR) is 112 cm³/mol. The zero-order valence-electron chi connectivity index (χ0n) is 15.9. The summed E-state index contributed by atoms with van der Waals surface area (Å²) >= 11 is 1.84. The van der Waals surface area contributed by atoms with Crippen LogP contribution in [0.2, 0.25) is 0 Å². The van der Waals surface area contributed by atoms with E-state index in [0.717, 1.165) is 49.9 Å². The Hall–Kier alpha value is -1.82. The number of thioether (sulfide) groups is 1. The molecule has 1 saturated heterocycles. The van der Waals surface area contributed by atoms with Gasteiger partial charge in [0.2, 0.25) is 0 Å². The molecule has 3 rings (SSSR count). The molecule has 0 unspecified atom stereocenters. The van der Waals surface area contributed by atoms with Crippen molar-refractivity contribution < 1.29 is 9.53 Å². The summed E-state index contributed by atoms with van der Waals surface area (Å²) in [5, 5.41) is 3.01. The van der Waals surface area contributed by atoms with Crippen LogP contribution in [0.4, 0.5) is 0 Å². The van der Waals surface area contributed by atoms with Crippen molar-refractivity contribution in [3.63, 3.8) is 0 Å². The normalized spacial score (nSPS) is 14.9. The second-order valence-corrected chi connectivity index (χ2v) is 7.98. The molecule has 4 nitrogen and oxygen atoms in total. The van der Waals surface area contributed by atoms with Gasteiger partial charge in [-0.05, 0) is 30.2 Å². The Morgan fingerprint density at radius 1 is 1.04 bits per heavy atom. The summed E-state index contributed by atoms with van der Waals surface area (Å²) in [4.78, 5) is 14.6. The Kier molecular flexibility index (Phi) is 7.75. The fourth-order valence-corrected chi connectivity index (χ4v) is 3.81. The Morgan fingerprint density at radius 3 is 2.41 bits per heavy atom. The predicted octanol–water partition coefficient (Wildman–Crippen LogP) is 3.49. The van der Waals surface area contributed by atoms with Crippen molar-refractivity contribution in [2.24, 2.45) is 0 Å². The summed E-state index contributed by atoms with van der Waals surface area (Å²) in [5.74, 6) is 1.89. The van der Waals surface area contributed by atoms with Gasteiger partial charge in [0.05, 0.1) is 13.2 Å². The third-order valence-corrected chi connectivity index (χ3v) is 5.68. The van der Waals surface area contributed by atoms with Crippen LogP contribution in [-0.4, -0.2) is 49.4 Å². The van der Waals surface area contributed by atoms with Gasteiger partial charge in [0, 0.05) is 43.2 Å². The minimum absolute atomic E-state index is 0.00357. The van der Waals surface area contributed by atoms with Gasteiger partial charge in [0.25, 0.3) is 5.91 Å². The van der Waals surface area contributed by atoms with Crippen LogP contribution in [0, 0.1) is 6.92 Å². The van der Waals surface area contributed by atoms with E-state index in [-0.39, 0.29) is 5.91 Å². The standard InChI is InChI=1S/C22H28N2O2S/c1-18-2-4-20(5-3-18)17-27-15-10-23-22(25)21-8-6-19(7-9-21)16-24-11-13-26-14-12-24/h2-9H,10-17H2,1H3,(H,23,25). The molecule has 0 aliphatic carbocycles. The van der Waals surface area contributed by atoms with Crippen molar-refractivity contribution in [1.82, 2.24) is 10.2 Å². The maximum absolute atomic E-state index is 12.3. The summed E-state index contributed by atoms with van der Waals surface area (Å²) < 4.78 is 5.38. The zero-order chi connectivity index (χ0) is 18.9. The molecule has 1 fully saturated rings. The number of benzene rings is 2. The maximum Gasteiger partial charge on any atom is 0.251 e. The summed E-state index contributed by atoms with van der Waals surface area (Å²) in [6.07, 6.45) is 0. The van der Waals surface area contributed by atoms with E-state index < -0.39 is 0 Å². The maximum atomic E-state index is 12.3. The molecule has 1 heterocycles. The first kappa shape index (κ1) is 19.9. The lowest BCUT2D eigenvalue weighted by Gasteiger charge is -2.26. The lowest BCUT2D eigenvalue weighted by atomic mass is 10.1. The summed E-state index contributed by atoms with van der Waals surface area (Å²) in [7, 11) is 0. The highest BCUT2D eigenvalue weighted by atomic mass is 32.2. The Bertz CT molecular complexity index is 710. The number of hydrogen-bond donors (Lipinski definition) is 1. The molecular weight excluding hydrogens is 356 g/mol. The summed E-state index contributed by atoms with van der Waals surface area (Å²) in [6.45, 7) is 7.27. The summed E-state index contributed by atoms with van der Waals surface area (Å²) in [6, 6.07) is 16.6. The molecule has 1 aliphatic rings. The van der Waals surface area contributed by atoms with Gasteiger partial charge in [0.15, 0.2) is 0 Å².